The molecule has 1 aromatic carbocycles. The van der Waals surface area contributed by atoms with Crippen molar-refractivity contribution in [2.75, 3.05) is 20.3 Å². The van der Waals surface area contributed by atoms with Crippen molar-refractivity contribution in [2.45, 2.75) is 6.42 Å². The number of nitrogens with zero attached hydrogens (tertiary/aromatic N) is 3. The number of ether oxygens (including phenoxy) is 1. The number of aromatic nitrogens is 3. The van der Waals surface area contributed by atoms with Crippen molar-refractivity contribution in [1.82, 2.24) is 20.5 Å². The van der Waals surface area contributed by atoms with E-state index in [-0.39, 0.29) is 11.7 Å². The van der Waals surface area contributed by atoms with Gasteiger partial charge in [0.15, 0.2) is 0 Å². The molecule has 0 spiro atoms. The average molecular weight is 246 g/mol. The molecule has 94 valence electrons. The molecular weight excluding hydrogens is 232 g/mol. The molecule has 2 rings (SSSR count). The molecule has 0 saturated heterocycles. The van der Waals surface area contributed by atoms with Crippen molar-refractivity contribution in [1.29, 1.82) is 0 Å². The Morgan fingerprint density at radius 2 is 2.06 bits per heavy atom. The van der Waals surface area contributed by atoms with Crippen LogP contribution in [0.25, 0.3) is 11.0 Å². The zero-order valence-electron chi connectivity index (χ0n) is 10.1. The molecule has 0 aliphatic heterocycles. The van der Waals surface area contributed by atoms with Crippen LogP contribution in [0.2, 0.25) is 0 Å². The number of hydrogen-bond donors (Lipinski definition) is 1. The molecule has 6 nitrogen and oxygen atoms in total. The van der Waals surface area contributed by atoms with Gasteiger partial charge in [0, 0.05) is 20.3 Å². The lowest BCUT2D eigenvalue weighted by molar-refractivity contribution is 0.0937. The Morgan fingerprint density at radius 3 is 2.83 bits per heavy atom. The molecule has 6 heteroatoms. The van der Waals surface area contributed by atoms with Crippen molar-refractivity contribution >= 4 is 16.9 Å². The van der Waals surface area contributed by atoms with Gasteiger partial charge in [-0.15, -0.1) is 10.2 Å². The molecule has 1 amide bonds. The monoisotopic (exact) mass is 246 g/mol. The van der Waals surface area contributed by atoms with Crippen LogP contribution in [-0.2, 0) is 4.74 Å². The zero-order valence-corrected chi connectivity index (χ0v) is 10.1. The maximum atomic E-state index is 11.7. The molecular formula is C12H14N4O2. The first-order valence-corrected chi connectivity index (χ1v) is 5.68. The van der Waals surface area contributed by atoms with Crippen molar-refractivity contribution < 1.29 is 9.53 Å². The van der Waals surface area contributed by atoms with Crippen LogP contribution in [0.5, 0.6) is 0 Å². The van der Waals surface area contributed by atoms with Gasteiger partial charge in [-0.25, -0.2) is 4.98 Å². The first kappa shape index (κ1) is 12.4. The fourth-order valence-corrected chi connectivity index (χ4v) is 1.47. The van der Waals surface area contributed by atoms with Crippen LogP contribution in [0.1, 0.15) is 17.0 Å². The third kappa shape index (κ3) is 2.98. The lowest BCUT2D eigenvalue weighted by Crippen LogP contribution is -2.27. The van der Waals surface area contributed by atoms with Crippen LogP contribution in [0.4, 0.5) is 0 Å². The summed E-state index contributed by atoms with van der Waals surface area (Å²) in [4.78, 5) is 15.9. The van der Waals surface area contributed by atoms with E-state index in [0.29, 0.717) is 24.2 Å². The highest BCUT2D eigenvalue weighted by molar-refractivity contribution is 5.91. The summed E-state index contributed by atoms with van der Waals surface area (Å²) in [5.74, 6) is -0.226. The molecule has 0 aliphatic rings. The smallest absolute Gasteiger partial charge is 0.291 e. The van der Waals surface area contributed by atoms with Gasteiger partial charge in [0.05, 0.1) is 5.52 Å². The number of carbonyl (C=O) groups is 1. The minimum Gasteiger partial charge on any atom is -0.385 e. The number of hydrogen-bond acceptors (Lipinski definition) is 5. The van der Waals surface area contributed by atoms with Crippen LogP contribution in [0.3, 0.4) is 0 Å². The summed E-state index contributed by atoms with van der Waals surface area (Å²) in [6.07, 6.45) is 0.753. The Bertz CT molecular complexity index is 544. The van der Waals surface area contributed by atoms with Gasteiger partial charge in [0.2, 0.25) is 5.82 Å². The fourth-order valence-electron chi connectivity index (χ4n) is 1.47. The molecule has 1 N–H and O–H groups in total. The maximum Gasteiger partial charge on any atom is 0.291 e. The number of nitrogens with one attached hydrogen (secondary N) is 1. The van der Waals surface area contributed by atoms with Gasteiger partial charge in [0.25, 0.3) is 5.91 Å². The summed E-state index contributed by atoms with van der Waals surface area (Å²) in [5, 5.41) is 10.5. The highest BCUT2D eigenvalue weighted by Crippen LogP contribution is 2.06. The van der Waals surface area contributed by atoms with Gasteiger partial charge in [-0.3, -0.25) is 4.79 Å². The molecule has 0 saturated carbocycles. The van der Waals surface area contributed by atoms with Gasteiger partial charge >= 0.3 is 0 Å². The molecule has 0 fully saturated rings. The number of fused-ring (bicyclic) bond motifs is 1. The van der Waals surface area contributed by atoms with Crippen LogP contribution in [0, 0.1) is 0 Å². The Hall–Kier alpha value is -2.08. The average Bonchev–Trinajstić information content (AvgIpc) is 2.43. The van der Waals surface area contributed by atoms with Gasteiger partial charge in [-0.05, 0) is 18.6 Å². The van der Waals surface area contributed by atoms with E-state index >= 15 is 0 Å². The number of carbonyl (C=O) groups excluding carboxylic acids is 1. The number of para-hydroxylation sites is 1. The van der Waals surface area contributed by atoms with Crippen molar-refractivity contribution in [3.8, 4) is 0 Å². The topological polar surface area (TPSA) is 77.0 Å². The largest absolute Gasteiger partial charge is 0.385 e. The minimum absolute atomic E-state index is 0.0890. The molecule has 0 unspecified atom stereocenters. The molecule has 0 bridgehead atoms. The van der Waals surface area contributed by atoms with E-state index in [4.69, 9.17) is 4.74 Å². The molecule has 0 atom stereocenters. The predicted octanol–water partition coefficient (Wildman–Crippen LogP) is 0.791. The van der Waals surface area contributed by atoms with Gasteiger partial charge in [0.1, 0.15) is 5.52 Å². The summed E-state index contributed by atoms with van der Waals surface area (Å²) in [5.41, 5.74) is 1.34. The van der Waals surface area contributed by atoms with Crippen LogP contribution in [-0.4, -0.2) is 41.3 Å². The van der Waals surface area contributed by atoms with E-state index in [2.05, 4.69) is 20.5 Å². The second-order valence-corrected chi connectivity index (χ2v) is 3.73. The zero-order chi connectivity index (χ0) is 12.8. The summed E-state index contributed by atoms with van der Waals surface area (Å²) in [7, 11) is 1.62. The number of amides is 1. The normalized spacial score (nSPS) is 10.5. The summed E-state index contributed by atoms with van der Waals surface area (Å²) >= 11 is 0. The quantitative estimate of drug-likeness (QED) is 0.789. The van der Waals surface area contributed by atoms with Crippen molar-refractivity contribution in [2.24, 2.45) is 0 Å². The first-order valence-electron chi connectivity index (χ1n) is 5.68. The third-order valence-electron chi connectivity index (χ3n) is 2.37. The Labute approximate surface area is 104 Å². The second kappa shape index (κ2) is 6.02. The molecule has 2 aromatic rings. The fraction of sp³-hybridized carbons (Fsp3) is 0.333. The van der Waals surface area contributed by atoms with E-state index in [1.54, 1.807) is 19.2 Å². The van der Waals surface area contributed by atoms with Crippen molar-refractivity contribution in [3.05, 3.63) is 30.1 Å². The molecule has 1 heterocycles. The number of benzene rings is 1. The SMILES string of the molecule is COCCCNC(=O)c1nnc2ccccc2n1. The first-order chi connectivity index (χ1) is 8.81. The van der Waals surface area contributed by atoms with Crippen LogP contribution < -0.4 is 5.32 Å². The molecule has 0 radical (unpaired) electrons. The summed E-state index contributed by atoms with van der Waals surface area (Å²) in [6.45, 7) is 1.14. The van der Waals surface area contributed by atoms with E-state index < -0.39 is 0 Å². The third-order valence-corrected chi connectivity index (χ3v) is 2.37. The molecule has 1 aromatic heterocycles. The number of rotatable bonds is 5. The lowest BCUT2D eigenvalue weighted by atomic mass is 10.3. The van der Waals surface area contributed by atoms with Gasteiger partial charge in [-0.1, -0.05) is 12.1 Å². The van der Waals surface area contributed by atoms with Gasteiger partial charge in [-0.2, -0.15) is 0 Å². The Morgan fingerprint density at radius 1 is 1.28 bits per heavy atom. The lowest BCUT2D eigenvalue weighted by Gasteiger charge is -2.03. The standard InChI is InChI=1S/C12H14N4O2/c1-18-8-4-7-13-12(17)11-14-9-5-2-3-6-10(9)15-16-11/h2-3,5-6H,4,7-8H2,1H3,(H,13,17). The van der Waals surface area contributed by atoms with E-state index in [1.807, 2.05) is 12.1 Å². The number of methoxy groups -OCH3 is 1. The van der Waals surface area contributed by atoms with Crippen LogP contribution >= 0.6 is 0 Å². The maximum absolute atomic E-state index is 11.7. The van der Waals surface area contributed by atoms with Gasteiger partial charge < -0.3 is 10.1 Å². The van der Waals surface area contributed by atoms with E-state index in [9.17, 15) is 4.79 Å². The second-order valence-electron chi connectivity index (χ2n) is 3.73. The highest BCUT2D eigenvalue weighted by atomic mass is 16.5. The van der Waals surface area contributed by atoms with E-state index in [0.717, 1.165) is 6.42 Å². The predicted molar refractivity (Wildman–Crippen MR) is 66.2 cm³/mol. The molecule has 18 heavy (non-hydrogen) atoms. The minimum atomic E-state index is -0.315. The summed E-state index contributed by atoms with van der Waals surface area (Å²) in [6, 6.07) is 7.29. The summed E-state index contributed by atoms with van der Waals surface area (Å²) < 4.78 is 4.89. The Kier molecular flexibility index (Phi) is 4.14. The Balaban J connectivity index is 2.04. The van der Waals surface area contributed by atoms with E-state index in [1.165, 1.54) is 0 Å². The van der Waals surface area contributed by atoms with Crippen LogP contribution in [0.15, 0.2) is 24.3 Å². The van der Waals surface area contributed by atoms with Crippen molar-refractivity contribution in [3.63, 3.8) is 0 Å². The molecule has 0 aliphatic carbocycles. The highest BCUT2D eigenvalue weighted by Gasteiger charge is 2.09.